The lowest BCUT2D eigenvalue weighted by Gasteiger charge is -2.14. The second-order valence-corrected chi connectivity index (χ2v) is 4.88. The predicted molar refractivity (Wildman–Crippen MR) is 73.9 cm³/mol. The van der Waals surface area contributed by atoms with Crippen LogP contribution in [0.5, 0.6) is 0 Å². The van der Waals surface area contributed by atoms with Gasteiger partial charge in [-0.15, -0.1) is 0 Å². The number of carbonyl (C=O) groups is 2. The summed E-state index contributed by atoms with van der Waals surface area (Å²) >= 11 is 0. The maximum Gasteiger partial charge on any atom is 0.338 e. The number of ether oxygens (including phenoxy) is 1. The standard InChI is InChI=1S/C15H18N2O3/c1-10(2)9-17-14(18)11(3)20-15(19)13-6-4-5-12(7-13)8-16/h4-7,10-11H,9H2,1-3H3,(H,17,18)/t11-/m1/s1. The number of hydrogen-bond donors (Lipinski definition) is 1. The van der Waals surface area contributed by atoms with Gasteiger partial charge in [0.2, 0.25) is 0 Å². The average molecular weight is 274 g/mol. The van der Waals surface area contributed by atoms with Crippen LogP contribution in [0.15, 0.2) is 24.3 Å². The first kappa shape index (κ1) is 15.7. The Kier molecular flexibility index (Phi) is 5.73. The van der Waals surface area contributed by atoms with Crippen LogP contribution < -0.4 is 5.32 Å². The van der Waals surface area contributed by atoms with Crippen LogP contribution in [0.2, 0.25) is 0 Å². The molecular formula is C15H18N2O3. The van der Waals surface area contributed by atoms with Crippen molar-refractivity contribution in [2.75, 3.05) is 6.54 Å². The van der Waals surface area contributed by atoms with Gasteiger partial charge in [0.25, 0.3) is 5.91 Å². The van der Waals surface area contributed by atoms with Crippen LogP contribution in [-0.4, -0.2) is 24.5 Å². The quantitative estimate of drug-likeness (QED) is 0.831. The van der Waals surface area contributed by atoms with Gasteiger partial charge in [0.05, 0.1) is 17.2 Å². The molecule has 0 aliphatic rings. The van der Waals surface area contributed by atoms with Crippen LogP contribution in [0.1, 0.15) is 36.7 Å². The van der Waals surface area contributed by atoms with Gasteiger partial charge in [0.1, 0.15) is 0 Å². The molecule has 1 aromatic rings. The lowest BCUT2D eigenvalue weighted by atomic mass is 10.1. The first-order valence-corrected chi connectivity index (χ1v) is 6.43. The van der Waals surface area contributed by atoms with Crippen molar-refractivity contribution in [3.8, 4) is 6.07 Å². The number of nitriles is 1. The van der Waals surface area contributed by atoms with Gasteiger partial charge in [0.15, 0.2) is 6.10 Å². The smallest absolute Gasteiger partial charge is 0.338 e. The summed E-state index contributed by atoms with van der Waals surface area (Å²) in [5.41, 5.74) is 0.629. The number of amides is 1. The van der Waals surface area contributed by atoms with Gasteiger partial charge < -0.3 is 10.1 Å². The fourth-order valence-corrected chi connectivity index (χ4v) is 1.45. The van der Waals surface area contributed by atoms with E-state index in [0.29, 0.717) is 18.0 Å². The molecule has 20 heavy (non-hydrogen) atoms. The monoisotopic (exact) mass is 274 g/mol. The lowest BCUT2D eigenvalue weighted by molar-refractivity contribution is -0.129. The zero-order chi connectivity index (χ0) is 15.1. The van der Waals surface area contributed by atoms with Crippen molar-refractivity contribution in [3.63, 3.8) is 0 Å². The van der Waals surface area contributed by atoms with Crippen LogP contribution in [0.25, 0.3) is 0 Å². The zero-order valence-electron chi connectivity index (χ0n) is 11.8. The second-order valence-electron chi connectivity index (χ2n) is 4.88. The van der Waals surface area contributed by atoms with Crippen molar-refractivity contribution in [1.29, 1.82) is 5.26 Å². The van der Waals surface area contributed by atoms with Gasteiger partial charge in [0, 0.05) is 6.54 Å². The van der Waals surface area contributed by atoms with Crippen LogP contribution in [0.4, 0.5) is 0 Å². The van der Waals surface area contributed by atoms with Crippen molar-refractivity contribution >= 4 is 11.9 Å². The van der Waals surface area contributed by atoms with Crippen molar-refractivity contribution < 1.29 is 14.3 Å². The Labute approximate surface area is 118 Å². The molecule has 0 fully saturated rings. The van der Waals surface area contributed by atoms with E-state index in [1.807, 2.05) is 19.9 Å². The third kappa shape index (κ3) is 4.73. The van der Waals surface area contributed by atoms with E-state index in [-0.39, 0.29) is 11.5 Å². The van der Waals surface area contributed by atoms with Gasteiger partial charge in [-0.25, -0.2) is 4.79 Å². The average Bonchev–Trinajstić information content (AvgIpc) is 2.44. The summed E-state index contributed by atoms with van der Waals surface area (Å²) in [6.07, 6.45) is -0.869. The topological polar surface area (TPSA) is 79.2 Å². The number of nitrogens with one attached hydrogen (secondary N) is 1. The van der Waals surface area contributed by atoms with Crippen LogP contribution in [0, 0.1) is 17.2 Å². The first-order chi connectivity index (χ1) is 9.43. The lowest BCUT2D eigenvalue weighted by Crippen LogP contribution is -2.37. The maximum atomic E-state index is 11.9. The van der Waals surface area contributed by atoms with E-state index in [1.54, 1.807) is 18.2 Å². The first-order valence-electron chi connectivity index (χ1n) is 6.43. The fraction of sp³-hybridized carbons (Fsp3) is 0.400. The third-order valence-electron chi connectivity index (χ3n) is 2.56. The molecule has 0 bridgehead atoms. The molecule has 1 N–H and O–H groups in total. The molecule has 1 amide bonds. The van der Waals surface area contributed by atoms with E-state index in [4.69, 9.17) is 10.00 Å². The second kappa shape index (κ2) is 7.29. The summed E-state index contributed by atoms with van der Waals surface area (Å²) in [5, 5.41) is 11.5. The molecule has 106 valence electrons. The number of esters is 1. The van der Waals surface area contributed by atoms with Gasteiger partial charge >= 0.3 is 5.97 Å². The number of carbonyl (C=O) groups excluding carboxylic acids is 2. The van der Waals surface area contributed by atoms with E-state index in [1.165, 1.54) is 13.0 Å². The van der Waals surface area contributed by atoms with E-state index in [0.717, 1.165) is 0 Å². The highest BCUT2D eigenvalue weighted by Gasteiger charge is 2.18. The van der Waals surface area contributed by atoms with Gasteiger partial charge in [-0.05, 0) is 31.0 Å². The highest BCUT2D eigenvalue weighted by atomic mass is 16.5. The van der Waals surface area contributed by atoms with Gasteiger partial charge in [-0.3, -0.25) is 4.79 Å². The largest absolute Gasteiger partial charge is 0.449 e. The molecule has 0 radical (unpaired) electrons. The summed E-state index contributed by atoms with van der Waals surface area (Å²) in [5.74, 6) is -0.619. The Morgan fingerprint density at radius 2 is 2.05 bits per heavy atom. The molecule has 0 aromatic heterocycles. The summed E-state index contributed by atoms with van der Waals surface area (Å²) in [7, 11) is 0. The summed E-state index contributed by atoms with van der Waals surface area (Å²) in [4.78, 5) is 23.6. The Hall–Kier alpha value is -2.35. The molecule has 0 heterocycles. The van der Waals surface area contributed by atoms with Crippen molar-refractivity contribution in [2.24, 2.45) is 5.92 Å². The van der Waals surface area contributed by atoms with Crippen LogP contribution in [-0.2, 0) is 9.53 Å². The number of rotatable bonds is 5. The minimum absolute atomic E-state index is 0.257. The molecule has 0 unspecified atom stereocenters. The number of benzene rings is 1. The zero-order valence-corrected chi connectivity index (χ0v) is 11.8. The molecule has 5 nitrogen and oxygen atoms in total. The Morgan fingerprint density at radius 1 is 1.35 bits per heavy atom. The molecule has 1 aromatic carbocycles. The fourth-order valence-electron chi connectivity index (χ4n) is 1.45. The molecule has 0 aliphatic carbocycles. The van der Waals surface area contributed by atoms with Crippen molar-refractivity contribution in [3.05, 3.63) is 35.4 Å². The van der Waals surface area contributed by atoms with Gasteiger partial charge in [-0.2, -0.15) is 5.26 Å². The van der Waals surface area contributed by atoms with E-state index >= 15 is 0 Å². The van der Waals surface area contributed by atoms with E-state index in [9.17, 15) is 9.59 Å². The summed E-state index contributed by atoms with van der Waals surface area (Å²) in [6, 6.07) is 8.11. The molecule has 0 spiro atoms. The molecule has 0 saturated carbocycles. The normalized spacial score (nSPS) is 11.6. The maximum absolute atomic E-state index is 11.9. The molecule has 0 aliphatic heterocycles. The van der Waals surface area contributed by atoms with E-state index in [2.05, 4.69) is 5.32 Å². The highest BCUT2D eigenvalue weighted by Crippen LogP contribution is 2.07. The minimum atomic E-state index is -0.869. The minimum Gasteiger partial charge on any atom is -0.449 e. The molecule has 1 atom stereocenters. The Bertz CT molecular complexity index is 532. The molecular weight excluding hydrogens is 256 g/mol. The predicted octanol–water partition coefficient (Wildman–Crippen LogP) is 1.88. The van der Waals surface area contributed by atoms with E-state index < -0.39 is 12.1 Å². The highest BCUT2D eigenvalue weighted by molar-refractivity contribution is 5.92. The van der Waals surface area contributed by atoms with Crippen molar-refractivity contribution in [1.82, 2.24) is 5.32 Å². The van der Waals surface area contributed by atoms with Crippen LogP contribution in [0.3, 0.4) is 0 Å². The molecule has 0 saturated heterocycles. The van der Waals surface area contributed by atoms with Crippen LogP contribution >= 0.6 is 0 Å². The Morgan fingerprint density at radius 3 is 2.65 bits per heavy atom. The third-order valence-corrected chi connectivity index (χ3v) is 2.56. The van der Waals surface area contributed by atoms with Crippen molar-refractivity contribution in [2.45, 2.75) is 26.9 Å². The Balaban J connectivity index is 2.61. The number of hydrogen-bond acceptors (Lipinski definition) is 4. The van der Waals surface area contributed by atoms with Gasteiger partial charge in [-0.1, -0.05) is 19.9 Å². The SMILES string of the molecule is CC(C)CNC(=O)[C@@H](C)OC(=O)c1cccc(C#N)c1. The summed E-state index contributed by atoms with van der Waals surface area (Å²) in [6.45, 7) is 6.00. The molecule has 1 rings (SSSR count). The molecule has 5 heteroatoms. The number of nitrogens with zero attached hydrogens (tertiary/aromatic N) is 1. The summed E-state index contributed by atoms with van der Waals surface area (Å²) < 4.78 is 5.07.